The summed E-state index contributed by atoms with van der Waals surface area (Å²) in [5, 5.41) is 54.5. The number of amides is 1. The van der Waals surface area contributed by atoms with E-state index in [-0.39, 0.29) is 12.5 Å². The maximum Gasteiger partial charge on any atom is 0.220 e. The molecule has 60 heavy (non-hydrogen) atoms. The number of carbonyl (C=O) groups excluding carboxylic acids is 1. The second-order valence-corrected chi connectivity index (χ2v) is 18.0. The van der Waals surface area contributed by atoms with Crippen molar-refractivity contribution in [2.24, 2.45) is 0 Å². The first-order valence-electron chi connectivity index (χ1n) is 25.6. The topological polar surface area (TPSA) is 149 Å². The number of rotatable bonds is 43. The number of allylic oxidation sites excluding steroid dienone is 4. The van der Waals surface area contributed by atoms with Crippen LogP contribution in [0.3, 0.4) is 0 Å². The van der Waals surface area contributed by atoms with E-state index in [2.05, 4.69) is 43.5 Å². The van der Waals surface area contributed by atoms with Crippen molar-refractivity contribution in [2.75, 3.05) is 13.2 Å². The first-order valence-corrected chi connectivity index (χ1v) is 25.6. The lowest BCUT2D eigenvalue weighted by Crippen LogP contribution is -2.60. The number of unbranched alkanes of at least 4 members (excludes halogenated alkanes) is 30. The van der Waals surface area contributed by atoms with Gasteiger partial charge < -0.3 is 40.3 Å². The maximum atomic E-state index is 13.0. The fraction of sp³-hybridized carbons (Fsp3) is 0.902. The third kappa shape index (κ3) is 31.5. The van der Waals surface area contributed by atoms with Crippen LogP contribution >= 0.6 is 0 Å². The van der Waals surface area contributed by atoms with Gasteiger partial charge in [0.2, 0.25) is 5.91 Å². The van der Waals surface area contributed by atoms with Gasteiger partial charge in [-0.3, -0.25) is 4.79 Å². The molecule has 0 radical (unpaired) electrons. The van der Waals surface area contributed by atoms with Crippen molar-refractivity contribution in [2.45, 2.75) is 281 Å². The normalized spacial score (nSPS) is 20.7. The summed E-state index contributed by atoms with van der Waals surface area (Å²) in [5.74, 6) is -0.146. The molecular weight excluding hydrogens is 755 g/mol. The molecule has 1 rings (SSSR count). The minimum absolute atomic E-state index is 0.137. The first kappa shape index (κ1) is 56.7. The van der Waals surface area contributed by atoms with Crippen LogP contribution in [-0.2, 0) is 14.3 Å². The van der Waals surface area contributed by atoms with Crippen LogP contribution in [0.4, 0.5) is 0 Å². The zero-order chi connectivity index (χ0) is 43.7. The van der Waals surface area contributed by atoms with Gasteiger partial charge in [0.15, 0.2) is 6.29 Å². The number of carbonyl (C=O) groups is 1. The van der Waals surface area contributed by atoms with Crippen LogP contribution in [0.1, 0.15) is 239 Å². The minimum Gasteiger partial charge on any atom is -0.394 e. The molecule has 0 aromatic carbocycles. The van der Waals surface area contributed by atoms with E-state index in [1.54, 1.807) is 0 Å². The van der Waals surface area contributed by atoms with Gasteiger partial charge in [0.05, 0.1) is 25.4 Å². The molecule has 1 aliphatic rings. The van der Waals surface area contributed by atoms with E-state index in [1.807, 2.05) is 0 Å². The zero-order valence-electron chi connectivity index (χ0n) is 39.0. The van der Waals surface area contributed by atoms with Crippen LogP contribution in [-0.4, -0.2) is 87.5 Å². The third-order valence-corrected chi connectivity index (χ3v) is 12.3. The average Bonchev–Trinajstić information content (AvgIpc) is 3.25. The lowest BCUT2D eigenvalue weighted by atomic mass is 9.99. The van der Waals surface area contributed by atoms with Crippen molar-refractivity contribution >= 4 is 5.91 Å². The van der Waals surface area contributed by atoms with Gasteiger partial charge in [0.1, 0.15) is 24.4 Å². The Kier molecular flexibility index (Phi) is 39.4. The lowest BCUT2D eigenvalue weighted by molar-refractivity contribution is -0.302. The molecule has 1 heterocycles. The highest BCUT2D eigenvalue weighted by Gasteiger charge is 2.44. The van der Waals surface area contributed by atoms with Gasteiger partial charge in [-0.05, 0) is 38.5 Å². The molecule has 6 N–H and O–H groups in total. The van der Waals surface area contributed by atoms with Crippen LogP contribution in [0, 0.1) is 0 Å². The van der Waals surface area contributed by atoms with Crippen LogP contribution in [0.2, 0.25) is 0 Å². The van der Waals surface area contributed by atoms with E-state index >= 15 is 0 Å². The Morgan fingerprint density at radius 3 is 1.43 bits per heavy atom. The highest BCUT2D eigenvalue weighted by atomic mass is 16.7. The Morgan fingerprint density at radius 1 is 0.567 bits per heavy atom. The number of aliphatic hydroxyl groups excluding tert-OH is 5. The van der Waals surface area contributed by atoms with Gasteiger partial charge in [0, 0.05) is 6.42 Å². The molecule has 0 saturated carbocycles. The Balaban J connectivity index is 2.27. The van der Waals surface area contributed by atoms with E-state index < -0.39 is 49.5 Å². The van der Waals surface area contributed by atoms with Crippen LogP contribution < -0.4 is 5.32 Å². The first-order chi connectivity index (χ1) is 29.3. The molecule has 7 atom stereocenters. The van der Waals surface area contributed by atoms with Crippen molar-refractivity contribution in [3.05, 3.63) is 24.3 Å². The van der Waals surface area contributed by atoms with Gasteiger partial charge >= 0.3 is 0 Å². The molecule has 7 unspecified atom stereocenters. The highest BCUT2D eigenvalue weighted by molar-refractivity contribution is 5.76. The summed E-state index contributed by atoms with van der Waals surface area (Å²) in [4.78, 5) is 13.0. The second-order valence-electron chi connectivity index (χ2n) is 18.0. The third-order valence-electron chi connectivity index (χ3n) is 12.3. The van der Waals surface area contributed by atoms with E-state index in [1.165, 1.54) is 167 Å². The lowest BCUT2D eigenvalue weighted by Gasteiger charge is -2.40. The molecule has 0 aromatic heterocycles. The molecule has 1 fully saturated rings. The average molecular weight is 852 g/mol. The summed E-state index contributed by atoms with van der Waals surface area (Å²) >= 11 is 0. The summed E-state index contributed by atoms with van der Waals surface area (Å²) in [6.07, 6.45) is 43.2. The molecule has 1 amide bonds. The quantitative estimate of drug-likeness (QED) is 0.0262. The molecule has 1 aliphatic heterocycles. The van der Waals surface area contributed by atoms with Crippen LogP contribution in [0.25, 0.3) is 0 Å². The van der Waals surface area contributed by atoms with Crippen LogP contribution in [0.15, 0.2) is 24.3 Å². The standard InChI is InChI=1S/C51H97NO8/c1-3-5-7-9-11-13-15-17-19-21-23-25-27-29-31-33-35-37-39-41-47(55)52-44(43-59-51-50(58)49(57)48(56)46(42-53)60-51)45(54)40-38-36-34-32-30-28-26-24-22-20-18-16-14-12-10-8-6-4-2/h11,13,15,17,44-46,48-51,53-54,56-58H,3-10,12,14,16,18-43H2,1-2H3,(H,52,55)/b13-11-,17-15-. The summed E-state index contributed by atoms with van der Waals surface area (Å²) in [6, 6.07) is -0.719. The largest absolute Gasteiger partial charge is 0.394 e. The molecule has 354 valence electrons. The number of aliphatic hydroxyl groups is 5. The predicted molar refractivity (Wildman–Crippen MR) is 249 cm³/mol. The van der Waals surface area contributed by atoms with Gasteiger partial charge in [0.25, 0.3) is 0 Å². The van der Waals surface area contributed by atoms with Gasteiger partial charge in [-0.15, -0.1) is 0 Å². The summed E-state index contributed by atoms with van der Waals surface area (Å²) in [7, 11) is 0. The fourth-order valence-corrected chi connectivity index (χ4v) is 8.21. The van der Waals surface area contributed by atoms with Crippen LogP contribution in [0.5, 0.6) is 0 Å². The van der Waals surface area contributed by atoms with E-state index in [4.69, 9.17) is 9.47 Å². The Bertz CT molecular complexity index is 992. The van der Waals surface area contributed by atoms with Crippen molar-refractivity contribution in [1.82, 2.24) is 5.32 Å². The Hall–Kier alpha value is -1.33. The van der Waals surface area contributed by atoms with Gasteiger partial charge in [-0.25, -0.2) is 0 Å². The molecular formula is C51H97NO8. The predicted octanol–water partition coefficient (Wildman–Crippen LogP) is 11.5. The monoisotopic (exact) mass is 852 g/mol. The van der Waals surface area contributed by atoms with Crippen molar-refractivity contribution in [3.63, 3.8) is 0 Å². The molecule has 9 nitrogen and oxygen atoms in total. The van der Waals surface area contributed by atoms with E-state index in [0.29, 0.717) is 12.8 Å². The Morgan fingerprint density at radius 2 is 0.967 bits per heavy atom. The molecule has 0 aromatic rings. The summed E-state index contributed by atoms with van der Waals surface area (Å²) < 4.78 is 11.3. The molecule has 1 saturated heterocycles. The zero-order valence-corrected chi connectivity index (χ0v) is 39.0. The molecule has 0 aliphatic carbocycles. The Labute approximate surface area is 369 Å². The van der Waals surface area contributed by atoms with Crippen molar-refractivity contribution < 1.29 is 39.8 Å². The number of ether oxygens (including phenoxy) is 2. The van der Waals surface area contributed by atoms with Crippen molar-refractivity contribution in [1.29, 1.82) is 0 Å². The number of hydrogen-bond donors (Lipinski definition) is 6. The van der Waals surface area contributed by atoms with E-state index in [0.717, 1.165) is 44.9 Å². The highest BCUT2D eigenvalue weighted by Crippen LogP contribution is 2.23. The SMILES string of the molecule is CCCCC/C=C\C=C/CCCCCCCCCCCCC(=O)NC(COC1OC(CO)C(O)C(O)C1O)C(O)CCCCCCCCCCCCCCCCCCCC. The van der Waals surface area contributed by atoms with Gasteiger partial charge in [-0.2, -0.15) is 0 Å². The van der Waals surface area contributed by atoms with Crippen molar-refractivity contribution in [3.8, 4) is 0 Å². The van der Waals surface area contributed by atoms with E-state index in [9.17, 15) is 30.3 Å². The van der Waals surface area contributed by atoms with Gasteiger partial charge in [-0.1, -0.05) is 218 Å². The fourth-order valence-electron chi connectivity index (χ4n) is 8.21. The minimum atomic E-state index is -1.55. The number of hydrogen-bond acceptors (Lipinski definition) is 8. The maximum absolute atomic E-state index is 13.0. The summed E-state index contributed by atoms with van der Waals surface area (Å²) in [6.45, 7) is 3.82. The molecule has 0 spiro atoms. The smallest absolute Gasteiger partial charge is 0.220 e. The summed E-state index contributed by atoms with van der Waals surface area (Å²) in [5.41, 5.74) is 0. The number of nitrogens with one attached hydrogen (secondary N) is 1. The molecule has 0 bridgehead atoms. The molecule has 9 heteroatoms. The second kappa shape index (κ2) is 41.7.